The minimum Gasteiger partial charge on any atom is -0.494 e. The molecular formula is C29H40ClN3O6S. The molecule has 0 spiro atoms. The molecule has 2 aromatic carbocycles. The molecule has 11 heteroatoms. The second-order valence-electron chi connectivity index (χ2n) is 9.12. The summed E-state index contributed by atoms with van der Waals surface area (Å²) in [5.74, 6) is 2.01. The Labute approximate surface area is 246 Å². The first-order valence-corrected chi connectivity index (χ1v) is 14.4. The molecule has 1 amide bonds. The van der Waals surface area contributed by atoms with Crippen molar-refractivity contribution in [3.05, 3.63) is 35.4 Å². The van der Waals surface area contributed by atoms with Gasteiger partial charge in [-0.15, -0.1) is 12.4 Å². The van der Waals surface area contributed by atoms with E-state index in [2.05, 4.69) is 4.90 Å². The number of fused-ring (bicyclic) bond motifs is 1. The summed E-state index contributed by atoms with van der Waals surface area (Å²) in [6, 6.07) is 7.42. The van der Waals surface area contributed by atoms with Crippen molar-refractivity contribution in [2.24, 2.45) is 0 Å². The largest absolute Gasteiger partial charge is 0.494 e. The van der Waals surface area contributed by atoms with Gasteiger partial charge >= 0.3 is 0 Å². The number of amides is 1. The zero-order chi connectivity index (χ0) is 27.8. The van der Waals surface area contributed by atoms with E-state index in [0.717, 1.165) is 55.0 Å². The van der Waals surface area contributed by atoms with E-state index in [1.807, 2.05) is 39.8 Å². The van der Waals surface area contributed by atoms with Crippen LogP contribution in [0.3, 0.4) is 0 Å². The highest BCUT2D eigenvalue weighted by Crippen LogP contribution is 2.41. The Bertz CT molecular complexity index is 1240. The summed E-state index contributed by atoms with van der Waals surface area (Å²) in [5, 5.41) is 0.634. The van der Waals surface area contributed by atoms with Crippen LogP contribution in [0.2, 0.25) is 0 Å². The molecule has 1 aliphatic rings. The molecule has 0 saturated carbocycles. The lowest BCUT2D eigenvalue weighted by atomic mass is 10.1. The van der Waals surface area contributed by atoms with E-state index in [4.69, 9.17) is 28.7 Å². The summed E-state index contributed by atoms with van der Waals surface area (Å²) >= 11 is 1.50. The van der Waals surface area contributed by atoms with Crippen molar-refractivity contribution in [1.29, 1.82) is 0 Å². The number of halogens is 1. The number of aryl methyl sites for hydroxylation is 1. The van der Waals surface area contributed by atoms with E-state index in [9.17, 15) is 4.79 Å². The third-order valence-electron chi connectivity index (χ3n) is 6.50. The van der Waals surface area contributed by atoms with E-state index in [1.54, 1.807) is 24.1 Å². The van der Waals surface area contributed by atoms with Crippen molar-refractivity contribution in [3.63, 3.8) is 0 Å². The summed E-state index contributed by atoms with van der Waals surface area (Å²) < 4.78 is 29.7. The average molecular weight is 594 g/mol. The van der Waals surface area contributed by atoms with Crippen LogP contribution >= 0.6 is 23.7 Å². The number of anilines is 1. The normalized spacial score (nSPS) is 13.5. The highest BCUT2D eigenvalue weighted by Gasteiger charge is 2.26. The lowest BCUT2D eigenvalue weighted by Gasteiger charge is -2.28. The van der Waals surface area contributed by atoms with E-state index in [-0.39, 0.29) is 18.3 Å². The van der Waals surface area contributed by atoms with Gasteiger partial charge in [-0.3, -0.25) is 14.6 Å². The van der Waals surface area contributed by atoms with Crippen LogP contribution in [0.25, 0.3) is 10.2 Å². The molecule has 0 atom stereocenters. The van der Waals surface area contributed by atoms with Gasteiger partial charge in [0.15, 0.2) is 16.6 Å². The quantitative estimate of drug-likeness (QED) is 0.253. The van der Waals surface area contributed by atoms with Crippen LogP contribution in [0.5, 0.6) is 23.0 Å². The minimum absolute atomic E-state index is 0. The lowest BCUT2D eigenvalue weighted by molar-refractivity contribution is 0.0376. The monoisotopic (exact) mass is 593 g/mol. The summed E-state index contributed by atoms with van der Waals surface area (Å²) in [6.07, 6.45) is 0.797. The van der Waals surface area contributed by atoms with Crippen LogP contribution in [-0.2, 0) is 4.74 Å². The molecule has 0 aliphatic carbocycles. The number of aromatic nitrogens is 1. The maximum Gasteiger partial charge on any atom is 0.260 e. The number of nitrogens with zero attached hydrogens (tertiary/aromatic N) is 3. The number of hydrogen-bond acceptors (Lipinski definition) is 9. The molecule has 0 unspecified atom stereocenters. The fourth-order valence-corrected chi connectivity index (χ4v) is 5.68. The number of thiazole rings is 1. The van der Waals surface area contributed by atoms with Gasteiger partial charge in [0.1, 0.15) is 11.3 Å². The molecule has 9 nitrogen and oxygen atoms in total. The first kappa shape index (κ1) is 31.7. The molecule has 1 aromatic heterocycles. The number of benzene rings is 2. The molecule has 220 valence electrons. The molecule has 3 aromatic rings. The second kappa shape index (κ2) is 15.3. The Hall–Kier alpha value is -2.79. The van der Waals surface area contributed by atoms with Crippen molar-refractivity contribution in [3.8, 4) is 23.0 Å². The van der Waals surface area contributed by atoms with Gasteiger partial charge < -0.3 is 23.7 Å². The van der Waals surface area contributed by atoms with Gasteiger partial charge in [-0.05, 0) is 57.9 Å². The Balaban J connectivity index is 0.00000441. The number of ether oxygens (including phenoxy) is 5. The predicted molar refractivity (Wildman–Crippen MR) is 162 cm³/mol. The number of methoxy groups -OCH3 is 1. The second-order valence-corrected chi connectivity index (χ2v) is 10.1. The molecule has 0 bridgehead atoms. The van der Waals surface area contributed by atoms with E-state index in [0.29, 0.717) is 60.1 Å². The SMILES string of the molecule is CCOc1cc(C(=O)N(CCCN2CCOCC2)c2nc3c(OC)ccc(C)c3s2)cc(OCC)c1OCC.Cl. The Morgan fingerprint density at radius 1 is 1.02 bits per heavy atom. The number of carbonyl (C=O) groups excluding carboxylic acids is 1. The van der Waals surface area contributed by atoms with E-state index >= 15 is 0 Å². The fraction of sp³-hybridized carbons (Fsp3) is 0.517. The Morgan fingerprint density at radius 3 is 2.27 bits per heavy atom. The topological polar surface area (TPSA) is 82.6 Å². The molecule has 40 heavy (non-hydrogen) atoms. The molecule has 1 fully saturated rings. The molecule has 1 saturated heterocycles. The molecule has 2 heterocycles. The Kier molecular flexibility index (Phi) is 12.1. The van der Waals surface area contributed by atoms with Gasteiger partial charge in [0.05, 0.1) is 44.8 Å². The van der Waals surface area contributed by atoms with Crippen molar-refractivity contribution in [1.82, 2.24) is 9.88 Å². The molecule has 1 aliphatic heterocycles. The molecule has 0 N–H and O–H groups in total. The van der Waals surface area contributed by atoms with Crippen molar-refractivity contribution < 1.29 is 28.5 Å². The Morgan fingerprint density at radius 2 is 1.68 bits per heavy atom. The fourth-order valence-electron chi connectivity index (χ4n) is 4.61. The summed E-state index contributed by atoms with van der Waals surface area (Å²) in [7, 11) is 1.64. The number of carbonyl (C=O) groups is 1. The van der Waals surface area contributed by atoms with E-state index < -0.39 is 0 Å². The van der Waals surface area contributed by atoms with Crippen molar-refractivity contribution in [2.75, 3.05) is 71.2 Å². The number of hydrogen-bond donors (Lipinski definition) is 0. The summed E-state index contributed by atoms with van der Waals surface area (Å²) in [5.41, 5.74) is 2.31. The van der Waals surface area contributed by atoms with Crippen LogP contribution in [0.15, 0.2) is 24.3 Å². The number of morpholine rings is 1. The highest BCUT2D eigenvalue weighted by molar-refractivity contribution is 7.22. The molecule has 4 rings (SSSR count). The van der Waals surface area contributed by atoms with Gasteiger partial charge in [0.25, 0.3) is 5.91 Å². The van der Waals surface area contributed by atoms with E-state index in [1.165, 1.54) is 11.3 Å². The average Bonchev–Trinajstić information content (AvgIpc) is 3.39. The van der Waals surface area contributed by atoms with Crippen LogP contribution in [0, 0.1) is 6.92 Å². The zero-order valence-electron chi connectivity index (χ0n) is 24.0. The van der Waals surface area contributed by atoms with Crippen molar-refractivity contribution in [2.45, 2.75) is 34.1 Å². The van der Waals surface area contributed by atoms with Gasteiger partial charge in [-0.1, -0.05) is 17.4 Å². The van der Waals surface area contributed by atoms with Gasteiger partial charge in [-0.25, -0.2) is 4.98 Å². The minimum atomic E-state index is -0.169. The van der Waals surface area contributed by atoms with Gasteiger partial charge in [0.2, 0.25) is 5.75 Å². The third kappa shape index (κ3) is 7.28. The maximum atomic E-state index is 14.2. The third-order valence-corrected chi connectivity index (χ3v) is 7.72. The van der Waals surface area contributed by atoms with Crippen LogP contribution in [0.1, 0.15) is 43.1 Å². The van der Waals surface area contributed by atoms with Crippen molar-refractivity contribution >= 4 is 45.0 Å². The summed E-state index contributed by atoms with van der Waals surface area (Å²) in [4.78, 5) is 23.2. The highest BCUT2D eigenvalue weighted by atomic mass is 35.5. The van der Waals surface area contributed by atoms with Gasteiger partial charge in [0, 0.05) is 31.7 Å². The van der Waals surface area contributed by atoms with Crippen LogP contribution < -0.4 is 23.8 Å². The smallest absolute Gasteiger partial charge is 0.260 e. The number of rotatable bonds is 13. The summed E-state index contributed by atoms with van der Waals surface area (Å²) in [6.45, 7) is 13.8. The van der Waals surface area contributed by atoms with Crippen LogP contribution in [0.4, 0.5) is 5.13 Å². The first-order valence-electron chi connectivity index (χ1n) is 13.6. The molecule has 0 radical (unpaired) electrons. The first-order chi connectivity index (χ1) is 19.0. The predicted octanol–water partition coefficient (Wildman–Crippen LogP) is 5.60. The molecular weight excluding hydrogens is 554 g/mol. The van der Waals surface area contributed by atoms with Gasteiger partial charge in [-0.2, -0.15) is 0 Å². The van der Waals surface area contributed by atoms with Crippen LogP contribution in [-0.4, -0.2) is 82.1 Å². The zero-order valence-corrected chi connectivity index (χ0v) is 25.6. The maximum absolute atomic E-state index is 14.2. The lowest BCUT2D eigenvalue weighted by Crippen LogP contribution is -2.39. The standard InChI is InChI=1S/C29H39N3O6S.ClH/c1-6-36-23-18-21(19-24(37-7-2)26(23)38-8-3)28(33)32(13-9-12-31-14-16-35-17-15-31)29-30-25-22(34-5)11-10-20(4)27(25)39-29;/h10-11,18-19H,6-9,12-17H2,1-5H3;1H.